The molecule has 0 bridgehead atoms. The van der Waals surface area contributed by atoms with Crippen LogP contribution in [0.4, 0.5) is 0 Å². The molecule has 0 unspecified atom stereocenters. The van der Waals surface area contributed by atoms with Gasteiger partial charge in [0, 0.05) is 25.5 Å². The van der Waals surface area contributed by atoms with E-state index in [0.717, 1.165) is 29.2 Å². The van der Waals surface area contributed by atoms with Crippen molar-refractivity contribution >= 4 is 51.3 Å². The Morgan fingerprint density at radius 2 is 2.00 bits per heavy atom. The predicted octanol–water partition coefficient (Wildman–Crippen LogP) is 2.85. The van der Waals surface area contributed by atoms with Crippen molar-refractivity contribution in [2.75, 3.05) is 20.6 Å². The molecule has 0 aromatic carbocycles. The topological polar surface area (TPSA) is 87.8 Å². The van der Waals surface area contributed by atoms with E-state index in [1.807, 2.05) is 0 Å². The third-order valence-corrected chi connectivity index (χ3v) is 7.10. The lowest BCUT2D eigenvalue weighted by Gasteiger charge is -2.31. The number of aliphatic imine (C=N–C) groups is 1. The molecular weight excluding hydrogens is 471 g/mol. The Labute approximate surface area is 172 Å². The minimum Gasteiger partial charge on any atom is -0.351 e. The molecule has 1 heterocycles. The number of hydrogen-bond acceptors (Lipinski definition) is 4. The Kier molecular flexibility index (Phi) is 9.13. The number of rotatable bonds is 5. The summed E-state index contributed by atoms with van der Waals surface area (Å²) in [6.45, 7) is 3.87. The Balaban J connectivity index is 0.00000312. The first-order valence-corrected chi connectivity index (χ1v) is 10.7. The Hall–Kier alpha value is -0.390. The number of nitrogens with zero attached hydrogens (tertiary/aromatic N) is 2. The standard InChI is InChI=1S/C16H28N4O2S2.HI/c1-12-4-6-13(7-5-12)11-20(3)16(18-2)19-10-14-8-9-15(23-14)24(17,21)22;/h8-9,12-13H,4-7,10-11H2,1-3H3,(H,18,19)(H2,17,21,22);1H. The van der Waals surface area contributed by atoms with Crippen LogP contribution in [-0.4, -0.2) is 39.9 Å². The lowest BCUT2D eigenvalue weighted by Crippen LogP contribution is -2.41. The number of guanidine groups is 1. The molecule has 6 nitrogen and oxygen atoms in total. The zero-order valence-corrected chi connectivity index (χ0v) is 19.0. The van der Waals surface area contributed by atoms with Crippen LogP contribution >= 0.6 is 35.3 Å². The van der Waals surface area contributed by atoms with Gasteiger partial charge in [0.2, 0.25) is 10.0 Å². The van der Waals surface area contributed by atoms with Crippen molar-refractivity contribution in [3.63, 3.8) is 0 Å². The fourth-order valence-corrected chi connectivity index (χ4v) is 4.86. The van der Waals surface area contributed by atoms with Gasteiger partial charge in [-0.1, -0.05) is 19.8 Å². The number of halogens is 1. The van der Waals surface area contributed by atoms with Gasteiger partial charge >= 0.3 is 0 Å². The molecule has 1 aliphatic rings. The molecule has 144 valence electrons. The van der Waals surface area contributed by atoms with Gasteiger partial charge in [0.25, 0.3) is 0 Å². The lowest BCUT2D eigenvalue weighted by atomic mass is 9.83. The SMILES string of the molecule is CN=C(NCc1ccc(S(N)(=O)=O)s1)N(C)CC1CCC(C)CC1.I. The molecule has 1 fully saturated rings. The zero-order chi connectivity index (χ0) is 17.7. The lowest BCUT2D eigenvalue weighted by molar-refractivity contribution is 0.250. The van der Waals surface area contributed by atoms with Gasteiger partial charge in [0.15, 0.2) is 5.96 Å². The summed E-state index contributed by atoms with van der Waals surface area (Å²) in [5.41, 5.74) is 0. The Morgan fingerprint density at radius 1 is 1.36 bits per heavy atom. The largest absolute Gasteiger partial charge is 0.351 e. The summed E-state index contributed by atoms with van der Waals surface area (Å²) in [7, 11) is 0.207. The van der Waals surface area contributed by atoms with Gasteiger partial charge in [0.05, 0.1) is 6.54 Å². The summed E-state index contributed by atoms with van der Waals surface area (Å²) in [5.74, 6) is 2.41. The number of nitrogens with two attached hydrogens (primary N) is 1. The van der Waals surface area contributed by atoms with E-state index in [2.05, 4.69) is 29.2 Å². The van der Waals surface area contributed by atoms with Gasteiger partial charge in [-0.25, -0.2) is 13.6 Å². The van der Waals surface area contributed by atoms with E-state index < -0.39 is 10.0 Å². The summed E-state index contributed by atoms with van der Waals surface area (Å²) in [6, 6.07) is 3.33. The van der Waals surface area contributed by atoms with Gasteiger partial charge in [-0.15, -0.1) is 35.3 Å². The van der Waals surface area contributed by atoms with E-state index >= 15 is 0 Å². The molecule has 1 aliphatic carbocycles. The molecule has 0 saturated heterocycles. The number of sulfonamides is 1. The van der Waals surface area contributed by atoms with Crippen LogP contribution in [0.2, 0.25) is 0 Å². The quantitative estimate of drug-likeness (QED) is 0.370. The first-order chi connectivity index (χ1) is 11.3. The molecule has 9 heteroatoms. The Morgan fingerprint density at radius 3 is 2.52 bits per heavy atom. The molecule has 1 aromatic heterocycles. The molecule has 1 saturated carbocycles. The second-order valence-electron chi connectivity index (χ2n) is 6.67. The van der Waals surface area contributed by atoms with Gasteiger partial charge in [-0.3, -0.25) is 4.99 Å². The minimum atomic E-state index is -3.62. The van der Waals surface area contributed by atoms with Crippen molar-refractivity contribution in [3.05, 3.63) is 17.0 Å². The Bertz CT molecular complexity index is 667. The summed E-state index contributed by atoms with van der Waals surface area (Å²) in [6.07, 6.45) is 5.20. The maximum Gasteiger partial charge on any atom is 0.247 e. The van der Waals surface area contributed by atoms with E-state index in [4.69, 9.17) is 5.14 Å². The van der Waals surface area contributed by atoms with E-state index in [-0.39, 0.29) is 28.2 Å². The predicted molar refractivity (Wildman–Crippen MR) is 115 cm³/mol. The van der Waals surface area contributed by atoms with E-state index in [1.165, 1.54) is 37.0 Å². The van der Waals surface area contributed by atoms with Crippen LogP contribution in [0.15, 0.2) is 21.3 Å². The average molecular weight is 500 g/mol. The maximum atomic E-state index is 11.3. The maximum absolute atomic E-state index is 11.3. The van der Waals surface area contributed by atoms with E-state index in [0.29, 0.717) is 6.54 Å². The highest BCUT2D eigenvalue weighted by Gasteiger charge is 2.20. The average Bonchev–Trinajstić information content (AvgIpc) is 2.99. The highest BCUT2D eigenvalue weighted by molar-refractivity contribution is 14.0. The van der Waals surface area contributed by atoms with Gasteiger partial charge < -0.3 is 10.2 Å². The summed E-state index contributed by atoms with van der Waals surface area (Å²) < 4.78 is 22.9. The van der Waals surface area contributed by atoms with Gasteiger partial charge in [0.1, 0.15) is 4.21 Å². The fourth-order valence-electron chi connectivity index (χ4n) is 3.14. The van der Waals surface area contributed by atoms with Crippen LogP contribution in [0.25, 0.3) is 0 Å². The third-order valence-electron chi connectivity index (χ3n) is 4.58. The fraction of sp³-hybridized carbons (Fsp3) is 0.688. The van der Waals surface area contributed by atoms with E-state index in [9.17, 15) is 8.42 Å². The monoisotopic (exact) mass is 500 g/mol. The molecule has 0 radical (unpaired) electrons. The van der Waals surface area contributed by atoms with Crippen molar-refractivity contribution < 1.29 is 8.42 Å². The van der Waals surface area contributed by atoms with Gasteiger partial charge in [-0.2, -0.15) is 0 Å². The van der Waals surface area contributed by atoms with Crippen molar-refractivity contribution in [3.8, 4) is 0 Å². The highest BCUT2D eigenvalue weighted by atomic mass is 127. The summed E-state index contributed by atoms with van der Waals surface area (Å²) in [5, 5.41) is 8.44. The van der Waals surface area contributed by atoms with Crippen LogP contribution < -0.4 is 10.5 Å². The highest BCUT2D eigenvalue weighted by Crippen LogP contribution is 2.28. The van der Waals surface area contributed by atoms with Crippen LogP contribution in [0, 0.1) is 11.8 Å². The van der Waals surface area contributed by atoms with Gasteiger partial charge in [-0.05, 0) is 36.8 Å². The smallest absolute Gasteiger partial charge is 0.247 e. The minimum absolute atomic E-state index is 0. The van der Waals surface area contributed by atoms with Crippen molar-refractivity contribution in [1.82, 2.24) is 10.2 Å². The number of thiophene rings is 1. The number of hydrogen-bond donors (Lipinski definition) is 2. The van der Waals surface area contributed by atoms with Crippen molar-refractivity contribution in [1.29, 1.82) is 0 Å². The van der Waals surface area contributed by atoms with E-state index in [1.54, 1.807) is 19.2 Å². The van der Waals surface area contributed by atoms with Crippen LogP contribution in [-0.2, 0) is 16.6 Å². The third kappa shape index (κ3) is 7.03. The van der Waals surface area contributed by atoms with Crippen LogP contribution in [0.5, 0.6) is 0 Å². The summed E-state index contributed by atoms with van der Waals surface area (Å²) >= 11 is 1.19. The number of nitrogens with one attached hydrogen (secondary N) is 1. The first kappa shape index (κ1) is 22.7. The second-order valence-corrected chi connectivity index (χ2v) is 9.63. The van der Waals surface area contributed by atoms with Crippen LogP contribution in [0.1, 0.15) is 37.5 Å². The molecule has 2 rings (SSSR count). The normalized spacial score (nSPS) is 21.5. The van der Waals surface area contributed by atoms with Crippen LogP contribution in [0.3, 0.4) is 0 Å². The number of primary sulfonamides is 1. The molecule has 0 atom stereocenters. The molecule has 0 amide bonds. The molecular formula is C16H29IN4O2S2. The molecule has 1 aromatic rings. The molecule has 25 heavy (non-hydrogen) atoms. The molecule has 0 spiro atoms. The van der Waals surface area contributed by atoms with Crippen molar-refractivity contribution in [2.45, 2.75) is 43.4 Å². The molecule has 0 aliphatic heterocycles. The first-order valence-electron chi connectivity index (χ1n) is 8.33. The van der Waals surface area contributed by atoms with Crippen molar-refractivity contribution in [2.24, 2.45) is 22.0 Å². The molecule has 3 N–H and O–H groups in total. The second kappa shape index (κ2) is 10.1. The summed E-state index contributed by atoms with van der Waals surface area (Å²) in [4.78, 5) is 7.41. The zero-order valence-electron chi connectivity index (χ0n) is 15.1.